The number of hydrogen-bond donors (Lipinski definition) is 1. The lowest BCUT2D eigenvalue weighted by Crippen LogP contribution is -2.39. The van der Waals surface area contributed by atoms with Crippen molar-refractivity contribution >= 4 is 16.9 Å². The number of amides is 1. The predicted molar refractivity (Wildman–Crippen MR) is 92.0 cm³/mol. The lowest BCUT2D eigenvalue weighted by molar-refractivity contribution is -0.132. The summed E-state index contributed by atoms with van der Waals surface area (Å²) in [5.74, 6) is 2.47. The second-order valence-electron chi connectivity index (χ2n) is 6.55. The van der Waals surface area contributed by atoms with Gasteiger partial charge < -0.3 is 14.4 Å². The van der Waals surface area contributed by atoms with Crippen molar-refractivity contribution < 1.29 is 9.32 Å². The lowest BCUT2D eigenvalue weighted by Gasteiger charge is -2.31. The van der Waals surface area contributed by atoms with Gasteiger partial charge in [-0.25, -0.2) is 4.98 Å². The van der Waals surface area contributed by atoms with Crippen LogP contribution in [0, 0.1) is 6.92 Å². The molecule has 1 N–H and O–H groups in total. The number of fused-ring (bicyclic) bond motifs is 1. The number of hydrogen-bond acceptors (Lipinski definition) is 5. The van der Waals surface area contributed by atoms with Gasteiger partial charge in [0.2, 0.25) is 11.8 Å². The fraction of sp³-hybridized carbons (Fsp3) is 0.444. The van der Waals surface area contributed by atoms with Gasteiger partial charge in [-0.2, -0.15) is 4.98 Å². The first-order valence-electron chi connectivity index (χ1n) is 8.70. The largest absolute Gasteiger partial charge is 0.342 e. The van der Waals surface area contributed by atoms with Crippen LogP contribution in [0.25, 0.3) is 11.0 Å². The summed E-state index contributed by atoms with van der Waals surface area (Å²) in [6, 6.07) is 7.91. The van der Waals surface area contributed by atoms with Crippen LogP contribution in [0.15, 0.2) is 28.8 Å². The number of imidazole rings is 1. The summed E-state index contributed by atoms with van der Waals surface area (Å²) in [4.78, 5) is 26.6. The predicted octanol–water partition coefficient (Wildman–Crippen LogP) is 2.59. The zero-order valence-corrected chi connectivity index (χ0v) is 14.2. The molecule has 0 unspecified atom stereocenters. The molecule has 1 aliphatic heterocycles. The van der Waals surface area contributed by atoms with Crippen LogP contribution in [-0.4, -0.2) is 44.0 Å². The fourth-order valence-corrected chi connectivity index (χ4v) is 3.40. The van der Waals surface area contributed by atoms with Gasteiger partial charge >= 0.3 is 0 Å². The first kappa shape index (κ1) is 15.8. The van der Waals surface area contributed by atoms with E-state index in [1.807, 2.05) is 29.2 Å². The molecular weight excluding hydrogens is 318 g/mol. The molecule has 3 aromatic rings. The van der Waals surface area contributed by atoms with E-state index in [2.05, 4.69) is 20.1 Å². The molecule has 4 rings (SSSR count). The van der Waals surface area contributed by atoms with Gasteiger partial charge in [0.15, 0.2) is 5.82 Å². The Labute approximate surface area is 145 Å². The second-order valence-corrected chi connectivity index (χ2v) is 6.55. The monoisotopic (exact) mass is 339 g/mol. The van der Waals surface area contributed by atoms with Crippen LogP contribution in [0.1, 0.15) is 42.7 Å². The number of carbonyl (C=O) groups excluding carboxylic acids is 1. The summed E-state index contributed by atoms with van der Waals surface area (Å²) < 4.78 is 5.07. The Bertz CT molecular complexity index is 851. The van der Waals surface area contributed by atoms with Gasteiger partial charge in [-0.3, -0.25) is 4.79 Å². The summed E-state index contributed by atoms with van der Waals surface area (Å²) in [7, 11) is 0. The van der Waals surface area contributed by atoms with Gasteiger partial charge in [0.25, 0.3) is 0 Å². The third-order valence-electron chi connectivity index (χ3n) is 4.70. The van der Waals surface area contributed by atoms with E-state index in [1.165, 1.54) is 0 Å². The van der Waals surface area contributed by atoms with Gasteiger partial charge in [-0.1, -0.05) is 17.3 Å². The minimum Gasteiger partial charge on any atom is -0.342 e. The topological polar surface area (TPSA) is 87.9 Å². The SMILES string of the molecule is Cc1nc([C@H]2CCCN(C(=O)CCc3nc4ccccc4[nH]3)C2)no1. The van der Waals surface area contributed by atoms with Crippen LogP contribution < -0.4 is 0 Å². The highest BCUT2D eigenvalue weighted by Gasteiger charge is 2.27. The van der Waals surface area contributed by atoms with Crippen molar-refractivity contribution in [2.45, 2.75) is 38.5 Å². The number of H-pyrrole nitrogens is 1. The van der Waals surface area contributed by atoms with Crippen LogP contribution in [0.3, 0.4) is 0 Å². The molecule has 25 heavy (non-hydrogen) atoms. The second kappa shape index (κ2) is 6.66. The normalized spacial score (nSPS) is 18.0. The summed E-state index contributed by atoms with van der Waals surface area (Å²) in [6.45, 7) is 3.25. The number of aromatic nitrogens is 4. The highest BCUT2D eigenvalue weighted by molar-refractivity contribution is 5.77. The Morgan fingerprint density at radius 3 is 3.04 bits per heavy atom. The molecular formula is C18H21N5O2. The number of aromatic amines is 1. The molecule has 7 nitrogen and oxygen atoms in total. The number of nitrogens with one attached hydrogen (secondary N) is 1. The van der Waals surface area contributed by atoms with Crippen molar-refractivity contribution in [2.75, 3.05) is 13.1 Å². The Morgan fingerprint density at radius 2 is 2.24 bits per heavy atom. The summed E-state index contributed by atoms with van der Waals surface area (Å²) in [5, 5.41) is 4.01. The third-order valence-corrected chi connectivity index (χ3v) is 4.70. The molecule has 1 aromatic carbocycles. The maximum atomic E-state index is 12.6. The minimum atomic E-state index is 0.158. The van der Waals surface area contributed by atoms with Crippen LogP contribution in [0.4, 0.5) is 0 Å². The molecule has 130 valence electrons. The quantitative estimate of drug-likeness (QED) is 0.789. The first-order valence-corrected chi connectivity index (χ1v) is 8.70. The number of likely N-dealkylation sites (tertiary alicyclic amines) is 1. The van der Waals surface area contributed by atoms with Gasteiger partial charge in [0.1, 0.15) is 5.82 Å². The van der Waals surface area contributed by atoms with E-state index in [0.29, 0.717) is 31.1 Å². The van der Waals surface area contributed by atoms with E-state index in [4.69, 9.17) is 4.52 Å². The molecule has 1 aliphatic rings. The van der Waals surface area contributed by atoms with Crippen LogP contribution in [0.5, 0.6) is 0 Å². The molecule has 0 bridgehead atoms. The summed E-state index contributed by atoms with van der Waals surface area (Å²) in [5.41, 5.74) is 1.95. The highest BCUT2D eigenvalue weighted by atomic mass is 16.5. The van der Waals surface area contributed by atoms with E-state index >= 15 is 0 Å². The molecule has 1 atom stereocenters. The highest BCUT2D eigenvalue weighted by Crippen LogP contribution is 2.25. The van der Waals surface area contributed by atoms with Gasteiger partial charge in [-0.05, 0) is 25.0 Å². The van der Waals surface area contributed by atoms with Crippen molar-refractivity contribution in [1.29, 1.82) is 0 Å². The first-order chi connectivity index (χ1) is 12.2. The Balaban J connectivity index is 1.37. The smallest absolute Gasteiger partial charge is 0.223 e. The molecule has 0 radical (unpaired) electrons. The number of benzene rings is 1. The van der Waals surface area contributed by atoms with E-state index in [0.717, 1.165) is 36.2 Å². The number of rotatable bonds is 4. The Morgan fingerprint density at radius 1 is 1.36 bits per heavy atom. The number of nitrogens with zero attached hydrogens (tertiary/aromatic N) is 4. The van der Waals surface area contributed by atoms with E-state index in [9.17, 15) is 4.79 Å². The maximum absolute atomic E-state index is 12.6. The number of carbonyl (C=O) groups is 1. The molecule has 0 spiro atoms. The van der Waals surface area contributed by atoms with Gasteiger partial charge in [0, 0.05) is 38.8 Å². The Hall–Kier alpha value is -2.70. The summed E-state index contributed by atoms with van der Waals surface area (Å²) >= 11 is 0. The molecule has 3 heterocycles. The van der Waals surface area contributed by atoms with Gasteiger partial charge in [0.05, 0.1) is 11.0 Å². The van der Waals surface area contributed by atoms with E-state index in [1.54, 1.807) is 6.92 Å². The van der Waals surface area contributed by atoms with E-state index < -0.39 is 0 Å². The molecule has 1 saturated heterocycles. The number of piperidine rings is 1. The van der Waals surface area contributed by atoms with Crippen LogP contribution >= 0.6 is 0 Å². The Kier molecular flexibility index (Phi) is 4.21. The van der Waals surface area contributed by atoms with Crippen molar-refractivity contribution in [3.63, 3.8) is 0 Å². The molecule has 1 amide bonds. The minimum absolute atomic E-state index is 0.158. The van der Waals surface area contributed by atoms with Crippen molar-refractivity contribution in [3.8, 4) is 0 Å². The van der Waals surface area contributed by atoms with Crippen molar-refractivity contribution in [2.24, 2.45) is 0 Å². The zero-order chi connectivity index (χ0) is 17.2. The number of aryl methyl sites for hydroxylation is 2. The molecule has 0 aliphatic carbocycles. The summed E-state index contributed by atoms with van der Waals surface area (Å²) in [6.07, 6.45) is 3.04. The third kappa shape index (κ3) is 3.40. The molecule has 7 heteroatoms. The number of para-hydroxylation sites is 2. The van der Waals surface area contributed by atoms with E-state index in [-0.39, 0.29) is 11.8 Å². The van der Waals surface area contributed by atoms with Gasteiger partial charge in [-0.15, -0.1) is 0 Å². The van der Waals surface area contributed by atoms with Crippen LogP contribution in [-0.2, 0) is 11.2 Å². The molecule has 2 aromatic heterocycles. The average molecular weight is 339 g/mol. The van der Waals surface area contributed by atoms with Crippen molar-refractivity contribution in [3.05, 3.63) is 41.8 Å². The van der Waals surface area contributed by atoms with Crippen molar-refractivity contribution in [1.82, 2.24) is 25.0 Å². The van der Waals surface area contributed by atoms with Crippen LogP contribution in [0.2, 0.25) is 0 Å². The molecule has 1 fully saturated rings. The molecule has 0 saturated carbocycles. The fourth-order valence-electron chi connectivity index (χ4n) is 3.40. The lowest BCUT2D eigenvalue weighted by atomic mass is 9.97. The average Bonchev–Trinajstić information content (AvgIpc) is 3.25. The zero-order valence-electron chi connectivity index (χ0n) is 14.2. The maximum Gasteiger partial charge on any atom is 0.223 e. The standard InChI is InChI=1S/C18H21N5O2/c1-12-19-18(22-25-12)13-5-4-10-23(11-13)17(24)9-8-16-20-14-6-2-3-7-15(14)21-16/h2-3,6-7,13H,4-5,8-11H2,1H3,(H,20,21)/t13-/m0/s1.